The van der Waals surface area contributed by atoms with Crippen LogP contribution in [0.4, 0.5) is 5.69 Å². The summed E-state index contributed by atoms with van der Waals surface area (Å²) in [7, 11) is 0. The lowest BCUT2D eigenvalue weighted by Crippen LogP contribution is -2.15. The maximum absolute atomic E-state index is 12.6. The van der Waals surface area contributed by atoms with Gasteiger partial charge in [-0.3, -0.25) is 9.59 Å². The van der Waals surface area contributed by atoms with E-state index in [1.165, 1.54) is 23.7 Å². The molecule has 0 spiro atoms. The Morgan fingerprint density at radius 3 is 2.92 bits per heavy atom. The Hall–Kier alpha value is -3.19. The first-order valence-electron chi connectivity index (χ1n) is 7.60. The third kappa shape index (κ3) is 2.97. The zero-order valence-electron chi connectivity index (χ0n) is 13.0. The quantitative estimate of drug-likeness (QED) is 0.590. The summed E-state index contributed by atoms with van der Waals surface area (Å²) in [6.45, 7) is 0. The highest BCUT2D eigenvalue weighted by Crippen LogP contribution is 2.24. The number of fused-ring (bicyclic) bond motifs is 1. The minimum atomic E-state index is -0.318. The van der Waals surface area contributed by atoms with E-state index < -0.39 is 0 Å². The summed E-state index contributed by atoms with van der Waals surface area (Å²) >= 11 is 1.36. The van der Waals surface area contributed by atoms with Crippen molar-refractivity contribution in [3.63, 3.8) is 0 Å². The van der Waals surface area contributed by atoms with Gasteiger partial charge in [0.05, 0.1) is 21.8 Å². The van der Waals surface area contributed by atoms with Gasteiger partial charge >= 0.3 is 0 Å². The van der Waals surface area contributed by atoms with Gasteiger partial charge in [-0.05, 0) is 17.0 Å². The maximum atomic E-state index is 12.6. The number of hydrogen-bond acceptors (Lipinski definition) is 5. The Labute approximate surface area is 146 Å². The van der Waals surface area contributed by atoms with E-state index in [4.69, 9.17) is 4.52 Å². The van der Waals surface area contributed by atoms with Gasteiger partial charge < -0.3 is 14.8 Å². The molecule has 0 radical (unpaired) electrons. The molecule has 0 saturated heterocycles. The van der Waals surface area contributed by atoms with E-state index in [1.807, 2.05) is 30.3 Å². The fourth-order valence-electron chi connectivity index (χ4n) is 2.61. The summed E-state index contributed by atoms with van der Waals surface area (Å²) in [4.78, 5) is 27.0. The van der Waals surface area contributed by atoms with Crippen LogP contribution < -0.4 is 10.9 Å². The van der Waals surface area contributed by atoms with Gasteiger partial charge in [0.1, 0.15) is 5.69 Å². The number of pyridine rings is 1. The van der Waals surface area contributed by atoms with Crippen molar-refractivity contribution in [1.29, 1.82) is 0 Å². The molecule has 0 fully saturated rings. The predicted octanol–water partition coefficient (Wildman–Crippen LogP) is 3.42. The van der Waals surface area contributed by atoms with Gasteiger partial charge in [0.2, 0.25) is 0 Å². The van der Waals surface area contributed by atoms with Crippen LogP contribution in [0.15, 0.2) is 63.5 Å². The van der Waals surface area contributed by atoms with Crippen molar-refractivity contribution < 1.29 is 9.32 Å². The molecule has 1 amide bonds. The van der Waals surface area contributed by atoms with Gasteiger partial charge in [-0.2, -0.15) is 0 Å². The molecular formula is C18H13N3O3S. The van der Waals surface area contributed by atoms with E-state index in [9.17, 15) is 9.59 Å². The van der Waals surface area contributed by atoms with E-state index in [0.717, 1.165) is 5.56 Å². The number of anilines is 1. The Morgan fingerprint density at radius 2 is 2.08 bits per heavy atom. The zero-order chi connectivity index (χ0) is 17.2. The van der Waals surface area contributed by atoms with Crippen LogP contribution in [0, 0.1) is 0 Å². The number of rotatable bonds is 4. The first-order valence-corrected chi connectivity index (χ1v) is 8.48. The van der Waals surface area contributed by atoms with Crippen LogP contribution in [0.25, 0.3) is 10.1 Å². The van der Waals surface area contributed by atoms with Gasteiger partial charge in [-0.15, -0.1) is 11.3 Å². The number of nitrogens with one attached hydrogen (secondary N) is 2. The van der Waals surface area contributed by atoms with E-state index in [2.05, 4.69) is 15.5 Å². The van der Waals surface area contributed by atoms with Crippen LogP contribution in [0.1, 0.15) is 21.7 Å². The van der Waals surface area contributed by atoms with Crippen LogP contribution >= 0.6 is 11.3 Å². The second kappa shape index (κ2) is 6.37. The smallest absolute Gasteiger partial charge is 0.258 e. The molecule has 0 aliphatic rings. The lowest BCUT2D eigenvalue weighted by Gasteiger charge is -2.05. The fraction of sp³-hybridized carbons (Fsp3) is 0.0556. The molecule has 6 nitrogen and oxygen atoms in total. The SMILES string of the molecule is O=C(Nc1cnoc1Cc1ccccc1)c1c[nH]c(=O)c2ccsc12. The van der Waals surface area contributed by atoms with Crippen LogP contribution in [-0.4, -0.2) is 16.0 Å². The van der Waals surface area contributed by atoms with Crippen molar-refractivity contribution in [1.82, 2.24) is 10.1 Å². The first-order chi connectivity index (χ1) is 12.2. The number of carbonyl (C=O) groups excluding carboxylic acids is 1. The minimum Gasteiger partial charge on any atom is -0.359 e. The van der Waals surface area contributed by atoms with Gasteiger partial charge in [-0.1, -0.05) is 35.5 Å². The number of carbonyl (C=O) groups is 1. The lowest BCUT2D eigenvalue weighted by molar-refractivity contribution is 0.102. The molecule has 0 bridgehead atoms. The number of hydrogen-bond donors (Lipinski definition) is 2. The minimum absolute atomic E-state index is 0.206. The zero-order valence-corrected chi connectivity index (χ0v) is 13.8. The second-order valence-corrected chi connectivity index (χ2v) is 6.39. The molecule has 0 unspecified atom stereocenters. The van der Waals surface area contributed by atoms with Crippen LogP contribution in [-0.2, 0) is 6.42 Å². The number of amides is 1. The third-order valence-corrected chi connectivity index (χ3v) is 4.80. The highest BCUT2D eigenvalue weighted by atomic mass is 32.1. The molecule has 0 saturated carbocycles. The van der Waals surface area contributed by atoms with Crippen molar-refractivity contribution in [2.75, 3.05) is 5.32 Å². The highest BCUT2D eigenvalue weighted by Gasteiger charge is 2.17. The number of benzene rings is 1. The van der Waals surface area contributed by atoms with Crippen molar-refractivity contribution >= 4 is 33.0 Å². The van der Waals surface area contributed by atoms with E-state index >= 15 is 0 Å². The monoisotopic (exact) mass is 351 g/mol. The van der Waals surface area contributed by atoms with Gasteiger partial charge in [0.25, 0.3) is 11.5 Å². The summed E-state index contributed by atoms with van der Waals surface area (Å²) < 4.78 is 5.93. The molecule has 0 aliphatic carbocycles. The van der Waals surface area contributed by atoms with E-state index in [1.54, 1.807) is 11.4 Å². The topological polar surface area (TPSA) is 88.0 Å². The average Bonchev–Trinajstić information content (AvgIpc) is 3.27. The van der Waals surface area contributed by atoms with E-state index in [-0.39, 0.29) is 11.5 Å². The Balaban J connectivity index is 1.61. The van der Waals surface area contributed by atoms with Gasteiger partial charge in [-0.25, -0.2) is 0 Å². The molecule has 3 heterocycles. The fourth-order valence-corrected chi connectivity index (χ4v) is 3.52. The molecule has 1 aromatic carbocycles. The van der Waals surface area contributed by atoms with Gasteiger partial charge in [0, 0.05) is 12.6 Å². The number of H-pyrrole nitrogens is 1. The first kappa shape index (κ1) is 15.3. The standard InChI is InChI=1S/C18H13N3O3S/c22-17-12-6-7-25-16(12)13(9-19-17)18(23)21-14-10-20-24-15(14)8-11-4-2-1-3-5-11/h1-7,9-10H,8H2,(H,19,22)(H,21,23). The number of aromatic amines is 1. The normalized spacial score (nSPS) is 10.9. The summed E-state index contributed by atoms with van der Waals surface area (Å²) in [6, 6.07) is 11.5. The molecule has 0 atom stereocenters. The summed E-state index contributed by atoms with van der Waals surface area (Å²) in [6.07, 6.45) is 3.44. The van der Waals surface area contributed by atoms with Gasteiger partial charge in [0.15, 0.2) is 5.76 Å². The largest absolute Gasteiger partial charge is 0.359 e. The Bertz CT molecular complexity index is 1100. The summed E-state index contributed by atoms with van der Waals surface area (Å²) in [5, 5.41) is 8.90. The predicted molar refractivity (Wildman–Crippen MR) is 96.1 cm³/mol. The highest BCUT2D eigenvalue weighted by molar-refractivity contribution is 7.17. The van der Waals surface area contributed by atoms with Crippen LogP contribution in [0.3, 0.4) is 0 Å². The molecule has 2 N–H and O–H groups in total. The van der Waals surface area contributed by atoms with Crippen molar-refractivity contribution in [3.05, 3.63) is 81.4 Å². The third-order valence-electron chi connectivity index (χ3n) is 3.85. The molecule has 7 heteroatoms. The second-order valence-electron chi connectivity index (χ2n) is 5.47. The molecule has 4 rings (SSSR count). The molecule has 0 aliphatic heterocycles. The summed E-state index contributed by atoms with van der Waals surface area (Å²) in [5.41, 5.74) is 1.78. The maximum Gasteiger partial charge on any atom is 0.258 e. The molecule has 25 heavy (non-hydrogen) atoms. The van der Waals surface area contributed by atoms with Crippen molar-refractivity contribution in [2.45, 2.75) is 6.42 Å². The molecule has 124 valence electrons. The Morgan fingerprint density at radius 1 is 1.24 bits per heavy atom. The lowest BCUT2D eigenvalue weighted by atomic mass is 10.1. The molecular weight excluding hydrogens is 338 g/mol. The average molecular weight is 351 g/mol. The van der Waals surface area contributed by atoms with Crippen LogP contribution in [0.5, 0.6) is 0 Å². The number of nitrogens with zero attached hydrogens (tertiary/aromatic N) is 1. The molecule has 4 aromatic rings. The Kier molecular flexibility index (Phi) is 3.91. The summed E-state index contributed by atoms with van der Waals surface area (Å²) in [5.74, 6) is 0.257. The van der Waals surface area contributed by atoms with Crippen LogP contribution in [0.2, 0.25) is 0 Å². The number of aromatic nitrogens is 2. The van der Waals surface area contributed by atoms with Crippen molar-refractivity contribution in [2.24, 2.45) is 0 Å². The van der Waals surface area contributed by atoms with E-state index in [0.29, 0.717) is 33.5 Å². The number of thiophene rings is 1. The molecule has 3 aromatic heterocycles. The van der Waals surface area contributed by atoms with Crippen molar-refractivity contribution in [3.8, 4) is 0 Å².